The van der Waals surface area contributed by atoms with E-state index in [9.17, 15) is 4.79 Å². The first-order valence-electron chi connectivity index (χ1n) is 5.23. The predicted molar refractivity (Wildman–Crippen MR) is 62.6 cm³/mol. The highest BCUT2D eigenvalue weighted by Gasteiger charge is 2.12. The second-order valence-electron chi connectivity index (χ2n) is 3.41. The van der Waals surface area contributed by atoms with E-state index in [4.69, 9.17) is 9.84 Å². The zero-order valence-corrected chi connectivity index (χ0v) is 9.40. The number of carboxylic acid groups (broad SMARTS) is 1. The average Bonchev–Trinajstić information content (AvgIpc) is 2.29. The molecular formula is C13H16O3. The molecule has 0 saturated heterocycles. The molecule has 0 radical (unpaired) electrons. The minimum atomic E-state index is -0.910. The normalized spacial score (nSPS) is 10.1. The molecule has 0 unspecified atom stereocenters. The molecule has 1 N–H and O–H groups in total. The van der Waals surface area contributed by atoms with E-state index in [1.54, 1.807) is 18.2 Å². The van der Waals surface area contributed by atoms with Crippen LogP contribution in [0, 0.1) is 0 Å². The van der Waals surface area contributed by atoms with Crippen molar-refractivity contribution in [2.45, 2.75) is 20.0 Å². The summed E-state index contributed by atoms with van der Waals surface area (Å²) in [5, 5.41) is 9.07. The number of hydrogen-bond donors (Lipinski definition) is 1. The molecule has 0 bridgehead atoms. The van der Waals surface area contributed by atoms with Crippen LogP contribution in [0.3, 0.4) is 0 Å². The van der Waals surface area contributed by atoms with Gasteiger partial charge in [-0.1, -0.05) is 25.1 Å². The van der Waals surface area contributed by atoms with Gasteiger partial charge in [0.15, 0.2) is 0 Å². The topological polar surface area (TPSA) is 46.5 Å². The van der Waals surface area contributed by atoms with E-state index >= 15 is 0 Å². The second kappa shape index (κ2) is 6.08. The number of carbonyl (C=O) groups is 1. The fourth-order valence-electron chi connectivity index (χ4n) is 1.58. The van der Waals surface area contributed by atoms with Gasteiger partial charge in [-0.05, 0) is 23.6 Å². The highest BCUT2D eigenvalue weighted by atomic mass is 16.5. The van der Waals surface area contributed by atoms with Crippen LogP contribution >= 0.6 is 0 Å². The molecule has 0 aliphatic carbocycles. The summed E-state index contributed by atoms with van der Waals surface area (Å²) in [6.07, 6.45) is 2.45. The van der Waals surface area contributed by atoms with E-state index in [2.05, 4.69) is 6.58 Å². The van der Waals surface area contributed by atoms with Gasteiger partial charge >= 0.3 is 5.97 Å². The summed E-state index contributed by atoms with van der Waals surface area (Å²) in [6.45, 7) is 6.29. The number of aromatic carboxylic acids is 1. The van der Waals surface area contributed by atoms with Crippen LogP contribution in [0.5, 0.6) is 0 Å². The molecule has 1 aromatic carbocycles. The molecule has 3 nitrogen and oxygen atoms in total. The van der Waals surface area contributed by atoms with Crippen LogP contribution in [0.1, 0.15) is 28.4 Å². The molecule has 1 rings (SSSR count). The Labute approximate surface area is 95.4 Å². The van der Waals surface area contributed by atoms with Crippen molar-refractivity contribution in [3.8, 4) is 0 Å². The molecule has 0 fully saturated rings. The molecule has 0 aliphatic rings. The third-order valence-electron chi connectivity index (χ3n) is 2.37. The molecule has 16 heavy (non-hydrogen) atoms. The predicted octanol–water partition coefficient (Wildman–Crippen LogP) is 2.65. The lowest BCUT2D eigenvalue weighted by molar-refractivity contribution is 0.0689. The summed E-state index contributed by atoms with van der Waals surface area (Å²) in [5.74, 6) is -0.910. The van der Waals surface area contributed by atoms with Gasteiger partial charge in [0, 0.05) is 0 Å². The number of ether oxygens (including phenoxy) is 1. The average molecular weight is 220 g/mol. The SMILES string of the molecule is C=CCOCc1c(CC)cccc1C(=O)O. The van der Waals surface area contributed by atoms with Gasteiger partial charge in [0.25, 0.3) is 0 Å². The maximum absolute atomic E-state index is 11.0. The molecule has 0 aliphatic heterocycles. The summed E-state index contributed by atoms with van der Waals surface area (Å²) >= 11 is 0. The Kier molecular flexibility index (Phi) is 4.73. The fraction of sp³-hybridized carbons (Fsp3) is 0.308. The van der Waals surface area contributed by atoms with E-state index in [-0.39, 0.29) is 0 Å². The smallest absolute Gasteiger partial charge is 0.336 e. The Morgan fingerprint density at radius 1 is 1.56 bits per heavy atom. The molecule has 0 amide bonds. The first-order valence-corrected chi connectivity index (χ1v) is 5.23. The molecular weight excluding hydrogens is 204 g/mol. The molecule has 86 valence electrons. The van der Waals surface area contributed by atoms with Gasteiger partial charge < -0.3 is 9.84 Å². The van der Waals surface area contributed by atoms with Crippen LogP contribution in [0.25, 0.3) is 0 Å². The van der Waals surface area contributed by atoms with E-state index in [0.29, 0.717) is 18.8 Å². The van der Waals surface area contributed by atoms with Crippen molar-refractivity contribution >= 4 is 5.97 Å². The quantitative estimate of drug-likeness (QED) is 0.592. The summed E-state index contributed by atoms with van der Waals surface area (Å²) in [4.78, 5) is 11.0. The molecule has 0 aromatic heterocycles. The maximum Gasteiger partial charge on any atom is 0.336 e. The van der Waals surface area contributed by atoms with Gasteiger partial charge in [-0.2, -0.15) is 0 Å². The summed E-state index contributed by atoms with van der Waals surface area (Å²) in [5.41, 5.74) is 2.10. The van der Waals surface area contributed by atoms with Crippen LogP contribution in [0.15, 0.2) is 30.9 Å². The molecule has 0 saturated carbocycles. The molecule has 0 atom stereocenters. The monoisotopic (exact) mass is 220 g/mol. The van der Waals surface area contributed by atoms with Crippen LogP contribution < -0.4 is 0 Å². The van der Waals surface area contributed by atoms with Crippen LogP contribution in [0.2, 0.25) is 0 Å². The number of carboxylic acids is 1. The first-order chi connectivity index (χ1) is 7.70. The van der Waals surface area contributed by atoms with Crippen molar-refractivity contribution in [3.05, 3.63) is 47.5 Å². The first kappa shape index (κ1) is 12.5. The molecule has 0 spiro atoms. The molecule has 3 heteroatoms. The highest BCUT2D eigenvalue weighted by Crippen LogP contribution is 2.17. The minimum absolute atomic E-state index is 0.317. The van der Waals surface area contributed by atoms with Crippen molar-refractivity contribution in [2.24, 2.45) is 0 Å². The minimum Gasteiger partial charge on any atom is -0.478 e. The van der Waals surface area contributed by atoms with Crippen molar-refractivity contribution in [3.63, 3.8) is 0 Å². The highest BCUT2D eigenvalue weighted by molar-refractivity contribution is 5.89. The Bertz CT molecular complexity index is 383. The van der Waals surface area contributed by atoms with E-state index in [1.807, 2.05) is 13.0 Å². The van der Waals surface area contributed by atoms with Gasteiger partial charge in [0.05, 0.1) is 18.8 Å². The van der Waals surface area contributed by atoms with E-state index in [1.165, 1.54) is 0 Å². The van der Waals surface area contributed by atoms with Crippen LogP contribution in [-0.4, -0.2) is 17.7 Å². The Balaban J connectivity index is 2.99. The zero-order chi connectivity index (χ0) is 12.0. The molecule has 0 heterocycles. The van der Waals surface area contributed by atoms with Gasteiger partial charge in [0.1, 0.15) is 0 Å². The third-order valence-corrected chi connectivity index (χ3v) is 2.37. The van der Waals surface area contributed by atoms with Crippen LogP contribution in [0.4, 0.5) is 0 Å². The zero-order valence-electron chi connectivity index (χ0n) is 9.40. The van der Waals surface area contributed by atoms with Gasteiger partial charge in [-0.3, -0.25) is 0 Å². The third kappa shape index (κ3) is 2.94. The van der Waals surface area contributed by atoms with Crippen LogP contribution in [-0.2, 0) is 17.8 Å². The Hall–Kier alpha value is -1.61. The van der Waals surface area contributed by atoms with Crippen molar-refractivity contribution in [2.75, 3.05) is 6.61 Å². The van der Waals surface area contributed by atoms with Gasteiger partial charge in [0.2, 0.25) is 0 Å². The summed E-state index contributed by atoms with van der Waals surface area (Å²) in [7, 11) is 0. The Morgan fingerprint density at radius 2 is 2.31 bits per heavy atom. The van der Waals surface area contributed by atoms with E-state index in [0.717, 1.165) is 17.5 Å². The summed E-state index contributed by atoms with van der Waals surface area (Å²) < 4.78 is 5.32. The lowest BCUT2D eigenvalue weighted by atomic mass is 10.00. The summed E-state index contributed by atoms with van der Waals surface area (Å²) in [6, 6.07) is 5.30. The second-order valence-corrected chi connectivity index (χ2v) is 3.41. The lowest BCUT2D eigenvalue weighted by Crippen LogP contribution is -2.07. The van der Waals surface area contributed by atoms with E-state index < -0.39 is 5.97 Å². The fourth-order valence-corrected chi connectivity index (χ4v) is 1.58. The maximum atomic E-state index is 11.0. The van der Waals surface area contributed by atoms with Crippen molar-refractivity contribution in [1.29, 1.82) is 0 Å². The number of aryl methyl sites for hydroxylation is 1. The largest absolute Gasteiger partial charge is 0.478 e. The lowest BCUT2D eigenvalue weighted by Gasteiger charge is -2.11. The number of rotatable bonds is 6. The van der Waals surface area contributed by atoms with Crippen molar-refractivity contribution < 1.29 is 14.6 Å². The number of benzene rings is 1. The van der Waals surface area contributed by atoms with Gasteiger partial charge in [-0.15, -0.1) is 6.58 Å². The van der Waals surface area contributed by atoms with Crippen molar-refractivity contribution in [1.82, 2.24) is 0 Å². The number of hydrogen-bond acceptors (Lipinski definition) is 2. The molecule has 1 aromatic rings. The standard InChI is InChI=1S/C13H16O3/c1-3-8-16-9-12-10(4-2)6-5-7-11(12)13(14)15/h3,5-7H,1,4,8-9H2,2H3,(H,14,15). The Morgan fingerprint density at radius 3 is 2.88 bits per heavy atom. The van der Waals surface area contributed by atoms with Gasteiger partial charge in [-0.25, -0.2) is 4.79 Å².